The molecule has 3 rings (SSSR count). The van der Waals surface area contributed by atoms with Crippen molar-refractivity contribution in [2.45, 2.75) is 44.2 Å². The summed E-state index contributed by atoms with van der Waals surface area (Å²) in [5, 5.41) is 11.8. The predicted molar refractivity (Wildman–Crippen MR) is 125 cm³/mol. The van der Waals surface area contributed by atoms with Gasteiger partial charge in [0.1, 0.15) is 11.3 Å². The highest BCUT2D eigenvalue weighted by Gasteiger charge is 2.14. The number of nitrogens with zero attached hydrogens (tertiary/aromatic N) is 3. The first-order valence-electron chi connectivity index (χ1n) is 10.7. The van der Waals surface area contributed by atoms with Gasteiger partial charge in [0.05, 0.1) is 30.3 Å². The van der Waals surface area contributed by atoms with Gasteiger partial charge in [0.15, 0.2) is 5.16 Å². The van der Waals surface area contributed by atoms with Crippen LogP contribution in [0.3, 0.4) is 0 Å². The zero-order chi connectivity index (χ0) is 22.8. The Labute approximate surface area is 191 Å². The molecule has 8 nitrogen and oxygen atoms in total. The quantitative estimate of drug-likeness (QED) is 0.245. The minimum absolute atomic E-state index is 0.0778. The molecule has 0 fully saturated rings. The van der Waals surface area contributed by atoms with E-state index in [0.29, 0.717) is 60.0 Å². The van der Waals surface area contributed by atoms with Gasteiger partial charge in [0.25, 0.3) is 5.56 Å². The fourth-order valence-corrected chi connectivity index (χ4v) is 4.02. The fourth-order valence-electron chi connectivity index (χ4n) is 3.07. The molecule has 9 heteroatoms. The van der Waals surface area contributed by atoms with Gasteiger partial charge < -0.3 is 15.0 Å². The number of fused-ring (bicyclic) bond motifs is 1. The third kappa shape index (κ3) is 6.14. The van der Waals surface area contributed by atoms with Crippen LogP contribution in [-0.2, 0) is 4.79 Å². The molecular formula is C23H27N5O3S. The van der Waals surface area contributed by atoms with E-state index in [-0.39, 0.29) is 11.5 Å². The van der Waals surface area contributed by atoms with Gasteiger partial charge in [-0.25, -0.2) is 4.98 Å². The summed E-state index contributed by atoms with van der Waals surface area (Å²) in [4.78, 5) is 32.6. The third-order valence-corrected chi connectivity index (χ3v) is 5.77. The number of H-pyrrole nitrogens is 1. The molecule has 0 radical (unpaired) electrons. The molecule has 0 unspecified atom stereocenters. The highest BCUT2D eigenvalue weighted by Crippen LogP contribution is 2.23. The van der Waals surface area contributed by atoms with E-state index in [4.69, 9.17) is 10.00 Å². The zero-order valence-electron chi connectivity index (χ0n) is 18.1. The molecule has 2 heterocycles. The summed E-state index contributed by atoms with van der Waals surface area (Å²) in [7, 11) is 0. The number of nitrogens with one attached hydrogen (secondary N) is 2. The number of rotatable bonds is 12. The van der Waals surface area contributed by atoms with Gasteiger partial charge in [0.2, 0.25) is 5.91 Å². The fraction of sp³-hybridized carbons (Fsp3) is 0.391. The van der Waals surface area contributed by atoms with E-state index in [0.717, 1.165) is 18.6 Å². The Balaban J connectivity index is 1.73. The van der Waals surface area contributed by atoms with E-state index < -0.39 is 0 Å². The molecule has 0 aliphatic carbocycles. The Kier molecular flexibility index (Phi) is 8.75. The summed E-state index contributed by atoms with van der Waals surface area (Å²) in [6.45, 7) is 3.14. The lowest BCUT2D eigenvalue weighted by Crippen LogP contribution is -2.24. The molecule has 2 N–H and O–H groups in total. The summed E-state index contributed by atoms with van der Waals surface area (Å²) < 4.78 is 7.31. The minimum Gasteiger partial charge on any atom is -0.494 e. The van der Waals surface area contributed by atoms with Crippen molar-refractivity contribution in [2.75, 3.05) is 18.9 Å². The molecule has 32 heavy (non-hydrogen) atoms. The average Bonchev–Trinajstić information content (AvgIpc) is 3.27. The third-order valence-electron chi connectivity index (χ3n) is 4.75. The van der Waals surface area contributed by atoms with Crippen molar-refractivity contribution >= 4 is 28.7 Å². The topological polar surface area (TPSA) is 113 Å². The second-order valence-corrected chi connectivity index (χ2v) is 8.24. The Morgan fingerprint density at radius 1 is 1.28 bits per heavy atom. The van der Waals surface area contributed by atoms with Crippen LogP contribution in [-0.4, -0.2) is 39.3 Å². The molecule has 0 spiro atoms. The first-order chi connectivity index (χ1) is 15.6. The number of nitriles is 1. The molecule has 0 aliphatic heterocycles. The number of unbranched alkanes of at least 4 members (excludes halogenated alkanes) is 1. The monoisotopic (exact) mass is 453 g/mol. The van der Waals surface area contributed by atoms with Gasteiger partial charge in [-0.1, -0.05) is 25.1 Å². The first-order valence-corrected chi connectivity index (χ1v) is 11.7. The summed E-state index contributed by atoms with van der Waals surface area (Å²) in [5.74, 6) is 1.32. The lowest BCUT2D eigenvalue weighted by molar-refractivity contribution is -0.121. The van der Waals surface area contributed by atoms with Crippen LogP contribution in [0.2, 0.25) is 0 Å². The smallest absolute Gasteiger partial charge is 0.283 e. The van der Waals surface area contributed by atoms with E-state index in [2.05, 4.69) is 22.2 Å². The molecule has 0 aliphatic rings. The van der Waals surface area contributed by atoms with Gasteiger partial charge in [-0.15, -0.1) is 0 Å². The van der Waals surface area contributed by atoms with Crippen molar-refractivity contribution in [1.29, 1.82) is 5.26 Å². The van der Waals surface area contributed by atoms with Gasteiger partial charge >= 0.3 is 0 Å². The van der Waals surface area contributed by atoms with Gasteiger partial charge in [0, 0.05) is 24.9 Å². The van der Waals surface area contributed by atoms with Crippen LogP contribution in [0, 0.1) is 11.3 Å². The Bertz CT molecular complexity index is 1130. The number of thioether (sulfide) groups is 1. The van der Waals surface area contributed by atoms with Crippen molar-refractivity contribution in [3.63, 3.8) is 0 Å². The number of hydrogen-bond donors (Lipinski definition) is 2. The molecule has 0 saturated heterocycles. The molecule has 3 aromatic rings. The Hall–Kier alpha value is -3.25. The number of carbonyl (C=O) groups excluding carboxylic acids is 1. The van der Waals surface area contributed by atoms with Crippen LogP contribution in [0.4, 0.5) is 0 Å². The number of benzene rings is 1. The normalized spacial score (nSPS) is 10.8. The van der Waals surface area contributed by atoms with Gasteiger partial charge in [-0.3, -0.25) is 14.2 Å². The van der Waals surface area contributed by atoms with Gasteiger partial charge in [-0.2, -0.15) is 5.26 Å². The van der Waals surface area contributed by atoms with E-state index in [1.54, 1.807) is 16.8 Å². The van der Waals surface area contributed by atoms with Crippen LogP contribution < -0.4 is 15.6 Å². The number of ether oxygens (including phenoxy) is 1. The van der Waals surface area contributed by atoms with Crippen molar-refractivity contribution < 1.29 is 9.53 Å². The predicted octanol–water partition coefficient (Wildman–Crippen LogP) is 3.79. The number of amides is 1. The Morgan fingerprint density at radius 3 is 2.84 bits per heavy atom. The van der Waals surface area contributed by atoms with Gasteiger partial charge in [-0.05, 0) is 43.2 Å². The summed E-state index contributed by atoms with van der Waals surface area (Å²) >= 11 is 1.44. The van der Waals surface area contributed by atoms with E-state index in [9.17, 15) is 9.59 Å². The minimum atomic E-state index is -0.170. The summed E-state index contributed by atoms with van der Waals surface area (Å²) in [5.41, 5.74) is 1.60. The lowest BCUT2D eigenvalue weighted by atomic mass is 10.3. The second kappa shape index (κ2) is 12.0. The van der Waals surface area contributed by atoms with E-state index in [1.165, 1.54) is 11.8 Å². The van der Waals surface area contributed by atoms with E-state index >= 15 is 0 Å². The molecule has 0 atom stereocenters. The lowest BCUT2D eigenvalue weighted by Gasteiger charge is -2.13. The highest BCUT2D eigenvalue weighted by atomic mass is 32.2. The molecular weight excluding hydrogens is 426 g/mol. The van der Waals surface area contributed by atoms with Crippen LogP contribution >= 0.6 is 11.8 Å². The first kappa shape index (κ1) is 23.4. The average molecular weight is 454 g/mol. The van der Waals surface area contributed by atoms with E-state index in [1.807, 2.05) is 30.3 Å². The van der Waals surface area contributed by atoms with Crippen molar-refractivity contribution in [3.8, 4) is 17.5 Å². The summed E-state index contributed by atoms with van der Waals surface area (Å²) in [6.07, 6.45) is 5.06. The maximum atomic E-state index is 13.2. The standard InChI is InChI=1S/C23H27N5O3S/c1-2-3-15-31-18-9-7-17(8-10-18)28-22(30)21-19(11-14-26-21)27-23(28)32-16-4-6-20(29)25-13-5-12-24/h7-11,14,26H,2-6,13,15-16H2,1H3,(H,25,29). The van der Waals surface area contributed by atoms with Crippen LogP contribution in [0.25, 0.3) is 16.7 Å². The molecule has 1 aromatic carbocycles. The Morgan fingerprint density at radius 2 is 2.09 bits per heavy atom. The maximum Gasteiger partial charge on any atom is 0.283 e. The van der Waals surface area contributed by atoms with Crippen molar-refractivity contribution in [3.05, 3.63) is 46.9 Å². The molecule has 2 aromatic heterocycles. The van der Waals surface area contributed by atoms with Crippen LogP contribution in [0.1, 0.15) is 39.0 Å². The number of carbonyl (C=O) groups is 1. The largest absolute Gasteiger partial charge is 0.494 e. The summed E-state index contributed by atoms with van der Waals surface area (Å²) in [6, 6.07) is 11.2. The molecule has 1 amide bonds. The van der Waals surface area contributed by atoms with Crippen molar-refractivity contribution in [2.24, 2.45) is 0 Å². The molecule has 0 bridgehead atoms. The number of hydrogen-bond acceptors (Lipinski definition) is 6. The molecule has 168 valence electrons. The number of aromatic amines is 1. The highest BCUT2D eigenvalue weighted by molar-refractivity contribution is 7.99. The van der Waals surface area contributed by atoms with Crippen molar-refractivity contribution in [1.82, 2.24) is 19.9 Å². The molecule has 0 saturated carbocycles. The SMILES string of the molecule is CCCCOc1ccc(-n2c(SCCCC(=O)NCCC#N)nc3cc[nH]c3c2=O)cc1. The maximum absolute atomic E-state index is 13.2. The van der Waals surface area contributed by atoms with Crippen LogP contribution in [0.15, 0.2) is 46.5 Å². The van der Waals surface area contributed by atoms with Crippen LogP contribution in [0.5, 0.6) is 5.75 Å². The second-order valence-electron chi connectivity index (χ2n) is 7.18. The number of aromatic nitrogens is 3. The zero-order valence-corrected chi connectivity index (χ0v) is 18.9.